The number of aromatic nitrogens is 2. The molecule has 0 aliphatic heterocycles. The van der Waals surface area contributed by atoms with E-state index in [0.717, 1.165) is 5.69 Å². The molecule has 0 atom stereocenters. The van der Waals surface area contributed by atoms with Gasteiger partial charge in [-0.25, -0.2) is 14.4 Å². The summed E-state index contributed by atoms with van der Waals surface area (Å²) in [6.45, 7) is 0.0813. The topological polar surface area (TPSA) is 66.9 Å². The van der Waals surface area contributed by atoms with Gasteiger partial charge in [0.2, 0.25) is 0 Å². The first-order valence-electron chi connectivity index (χ1n) is 7.48. The third-order valence-corrected chi connectivity index (χ3v) is 3.65. The van der Waals surface area contributed by atoms with Gasteiger partial charge >= 0.3 is 0 Å². The maximum atomic E-state index is 13.5. The highest BCUT2D eigenvalue weighted by atomic mass is 35.5. The van der Waals surface area contributed by atoms with Crippen molar-refractivity contribution in [3.05, 3.63) is 83.0 Å². The molecule has 0 spiro atoms. The number of carbonyl (C=O) groups excluding carboxylic acids is 1. The minimum absolute atomic E-state index is 0.0813. The van der Waals surface area contributed by atoms with Crippen molar-refractivity contribution in [2.24, 2.45) is 0 Å². The summed E-state index contributed by atoms with van der Waals surface area (Å²) in [6.07, 6.45) is 2.81. The van der Waals surface area contributed by atoms with Crippen molar-refractivity contribution in [3.63, 3.8) is 0 Å². The van der Waals surface area contributed by atoms with E-state index in [1.807, 2.05) is 0 Å². The second-order valence-corrected chi connectivity index (χ2v) is 5.63. The molecule has 2 N–H and O–H groups in total. The van der Waals surface area contributed by atoms with Crippen LogP contribution in [0.2, 0.25) is 5.02 Å². The van der Waals surface area contributed by atoms with E-state index >= 15 is 0 Å². The van der Waals surface area contributed by atoms with Gasteiger partial charge in [0, 0.05) is 22.8 Å². The average molecular weight is 357 g/mol. The first-order chi connectivity index (χ1) is 12.1. The molecule has 126 valence electrons. The van der Waals surface area contributed by atoms with E-state index < -0.39 is 5.91 Å². The maximum absolute atomic E-state index is 13.5. The van der Waals surface area contributed by atoms with Gasteiger partial charge in [0.05, 0.1) is 12.4 Å². The Labute approximate surface area is 148 Å². The Morgan fingerprint density at radius 2 is 1.80 bits per heavy atom. The van der Waals surface area contributed by atoms with Gasteiger partial charge in [0.25, 0.3) is 5.91 Å². The summed E-state index contributed by atoms with van der Waals surface area (Å²) in [4.78, 5) is 20.3. The predicted octanol–water partition coefficient (Wildman–Crippen LogP) is 3.94. The molecule has 7 heteroatoms. The van der Waals surface area contributed by atoms with Crippen LogP contribution in [0.4, 0.5) is 15.9 Å². The number of nitrogens with one attached hydrogen (secondary N) is 2. The molecule has 1 amide bonds. The lowest BCUT2D eigenvalue weighted by atomic mass is 10.2. The van der Waals surface area contributed by atoms with Crippen LogP contribution in [-0.4, -0.2) is 15.9 Å². The SMILES string of the molecule is O=C(NCc1ccccc1F)c1cnc(Nc2ccc(Cl)cc2)cn1. The number of anilines is 2. The smallest absolute Gasteiger partial charge is 0.271 e. The van der Waals surface area contributed by atoms with Crippen molar-refractivity contribution in [1.29, 1.82) is 0 Å². The Bertz CT molecular complexity index is 869. The number of halogens is 2. The van der Waals surface area contributed by atoms with E-state index in [1.165, 1.54) is 18.5 Å². The molecule has 25 heavy (non-hydrogen) atoms. The van der Waals surface area contributed by atoms with Gasteiger partial charge in [-0.05, 0) is 30.3 Å². The molecule has 0 fully saturated rings. The highest BCUT2D eigenvalue weighted by Gasteiger charge is 2.09. The fourth-order valence-corrected chi connectivity index (χ4v) is 2.22. The summed E-state index contributed by atoms with van der Waals surface area (Å²) in [5, 5.41) is 6.30. The van der Waals surface area contributed by atoms with Crippen LogP contribution in [0.1, 0.15) is 16.1 Å². The van der Waals surface area contributed by atoms with Crippen LogP contribution in [0.15, 0.2) is 60.9 Å². The highest BCUT2D eigenvalue weighted by Crippen LogP contribution is 2.17. The second kappa shape index (κ2) is 7.72. The molecule has 0 saturated heterocycles. The summed E-state index contributed by atoms with van der Waals surface area (Å²) >= 11 is 5.83. The number of amides is 1. The van der Waals surface area contributed by atoms with Crippen molar-refractivity contribution in [3.8, 4) is 0 Å². The molecule has 0 radical (unpaired) electrons. The number of hydrogen-bond acceptors (Lipinski definition) is 4. The molecular formula is C18H14ClFN4O. The van der Waals surface area contributed by atoms with Crippen LogP contribution in [0, 0.1) is 5.82 Å². The molecule has 0 bridgehead atoms. The summed E-state index contributed by atoms with van der Waals surface area (Å²) < 4.78 is 13.5. The van der Waals surface area contributed by atoms with E-state index in [0.29, 0.717) is 16.4 Å². The van der Waals surface area contributed by atoms with Crippen molar-refractivity contribution >= 4 is 29.0 Å². The van der Waals surface area contributed by atoms with Crippen molar-refractivity contribution in [1.82, 2.24) is 15.3 Å². The Balaban J connectivity index is 1.60. The summed E-state index contributed by atoms with van der Waals surface area (Å²) in [5.74, 6) is -0.293. The van der Waals surface area contributed by atoms with Gasteiger partial charge < -0.3 is 10.6 Å². The minimum Gasteiger partial charge on any atom is -0.346 e. The normalized spacial score (nSPS) is 10.3. The largest absolute Gasteiger partial charge is 0.346 e. The average Bonchev–Trinajstić information content (AvgIpc) is 2.63. The third-order valence-electron chi connectivity index (χ3n) is 3.40. The second-order valence-electron chi connectivity index (χ2n) is 5.19. The molecule has 0 unspecified atom stereocenters. The van der Waals surface area contributed by atoms with Crippen LogP contribution in [0.3, 0.4) is 0 Å². The summed E-state index contributed by atoms with van der Waals surface area (Å²) in [5.41, 5.74) is 1.36. The molecule has 1 aromatic heterocycles. The van der Waals surface area contributed by atoms with Crippen LogP contribution >= 0.6 is 11.6 Å². The fraction of sp³-hybridized carbons (Fsp3) is 0.0556. The molecule has 0 aliphatic rings. The molecule has 2 aromatic carbocycles. The fourth-order valence-electron chi connectivity index (χ4n) is 2.10. The van der Waals surface area contributed by atoms with Gasteiger partial charge in [-0.15, -0.1) is 0 Å². The van der Waals surface area contributed by atoms with Crippen molar-refractivity contribution < 1.29 is 9.18 Å². The van der Waals surface area contributed by atoms with Gasteiger partial charge in [-0.3, -0.25) is 4.79 Å². The van der Waals surface area contributed by atoms with Gasteiger partial charge in [-0.2, -0.15) is 0 Å². The molecule has 3 rings (SSSR count). The van der Waals surface area contributed by atoms with Crippen LogP contribution in [0.25, 0.3) is 0 Å². The molecular weight excluding hydrogens is 343 g/mol. The Kier molecular flexibility index (Phi) is 5.20. The highest BCUT2D eigenvalue weighted by molar-refractivity contribution is 6.30. The first-order valence-corrected chi connectivity index (χ1v) is 7.86. The van der Waals surface area contributed by atoms with Crippen LogP contribution in [-0.2, 0) is 6.54 Å². The van der Waals surface area contributed by atoms with Crippen molar-refractivity contribution in [2.45, 2.75) is 6.54 Å². The van der Waals surface area contributed by atoms with E-state index in [1.54, 1.807) is 42.5 Å². The molecule has 0 aliphatic carbocycles. The predicted molar refractivity (Wildman–Crippen MR) is 94.3 cm³/mol. The number of hydrogen-bond donors (Lipinski definition) is 2. The zero-order chi connectivity index (χ0) is 17.6. The zero-order valence-corrected chi connectivity index (χ0v) is 13.8. The molecule has 5 nitrogen and oxygen atoms in total. The lowest BCUT2D eigenvalue weighted by molar-refractivity contribution is 0.0945. The maximum Gasteiger partial charge on any atom is 0.271 e. The first kappa shape index (κ1) is 16.9. The van der Waals surface area contributed by atoms with Gasteiger partial charge in [-0.1, -0.05) is 29.8 Å². The Morgan fingerprint density at radius 3 is 2.48 bits per heavy atom. The Hall–Kier alpha value is -2.99. The van der Waals surface area contributed by atoms with Crippen LogP contribution < -0.4 is 10.6 Å². The quantitative estimate of drug-likeness (QED) is 0.726. The number of carbonyl (C=O) groups is 1. The summed E-state index contributed by atoms with van der Waals surface area (Å²) in [6, 6.07) is 13.4. The third kappa shape index (κ3) is 4.51. The summed E-state index contributed by atoms with van der Waals surface area (Å²) in [7, 11) is 0. The lowest BCUT2D eigenvalue weighted by Gasteiger charge is -2.07. The molecule has 1 heterocycles. The van der Waals surface area contributed by atoms with E-state index in [2.05, 4.69) is 20.6 Å². The van der Waals surface area contributed by atoms with Crippen LogP contribution in [0.5, 0.6) is 0 Å². The van der Waals surface area contributed by atoms with E-state index in [4.69, 9.17) is 11.6 Å². The van der Waals surface area contributed by atoms with Crippen molar-refractivity contribution in [2.75, 3.05) is 5.32 Å². The van der Waals surface area contributed by atoms with Gasteiger partial charge in [0.15, 0.2) is 0 Å². The number of benzene rings is 2. The van der Waals surface area contributed by atoms with Gasteiger partial charge in [0.1, 0.15) is 17.3 Å². The number of rotatable bonds is 5. The standard InChI is InChI=1S/C18H14ClFN4O/c19-13-5-7-14(8-6-13)24-17-11-21-16(10-22-17)18(25)23-9-12-3-1-2-4-15(12)20/h1-8,10-11H,9H2,(H,22,24)(H,23,25). The molecule has 0 saturated carbocycles. The molecule has 3 aromatic rings. The van der Waals surface area contributed by atoms with E-state index in [9.17, 15) is 9.18 Å². The lowest BCUT2D eigenvalue weighted by Crippen LogP contribution is -2.24. The number of nitrogens with zero attached hydrogens (tertiary/aromatic N) is 2. The minimum atomic E-state index is -0.422. The monoisotopic (exact) mass is 356 g/mol. The van der Waals surface area contributed by atoms with E-state index in [-0.39, 0.29) is 18.1 Å². The Morgan fingerprint density at radius 1 is 1.04 bits per heavy atom. The zero-order valence-electron chi connectivity index (χ0n) is 13.0.